The summed E-state index contributed by atoms with van der Waals surface area (Å²) >= 11 is 0. The predicted octanol–water partition coefficient (Wildman–Crippen LogP) is 8.78. The summed E-state index contributed by atoms with van der Waals surface area (Å²) in [5.41, 5.74) is 7.18. The van der Waals surface area contributed by atoms with Crippen molar-refractivity contribution in [3.8, 4) is 57.4 Å². The molecule has 0 spiro atoms. The van der Waals surface area contributed by atoms with E-state index in [-0.39, 0.29) is 0 Å². The molecular weight excluding hydrogens is 552 g/mol. The van der Waals surface area contributed by atoms with E-state index in [0.717, 1.165) is 34.4 Å². The van der Waals surface area contributed by atoms with E-state index >= 15 is 0 Å². The van der Waals surface area contributed by atoms with Crippen LogP contribution < -0.4 is 0 Å². The number of rotatable bonds is 5. The van der Waals surface area contributed by atoms with Crippen LogP contribution in [0.15, 0.2) is 91.3 Å². The molecule has 2 aliphatic rings. The Morgan fingerprint density at radius 2 is 1.18 bits per heavy atom. The van der Waals surface area contributed by atoms with E-state index in [2.05, 4.69) is 67.4 Å². The van der Waals surface area contributed by atoms with E-state index < -0.39 is 0 Å². The third-order valence-corrected chi connectivity index (χ3v) is 9.59. The molecule has 6 heteroatoms. The Kier molecular flexibility index (Phi) is 7.43. The number of hydrogen-bond acceptors (Lipinski definition) is 6. The van der Waals surface area contributed by atoms with Crippen molar-refractivity contribution < 1.29 is 0 Å². The molecule has 5 aromatic rings. The van der Waals surface area contributed by atoms with Gasteiger partial charge in [0.05, 0.1) is 17.2 Å². The van der Waals surface area contributed by atoms with Crippen molar-refractivity contribution in [1.29, 1.82) is 10.5 Å². The summed E-state index contributed by atoms with van der Waals surface area (Å²) < 4.78 is 0. The van der Waals surface area contributed by atoms with E-state index in [9.17, 15) is 10.5 Å². The third kappa shape index (κ3) is 5.73. The van der Waals surface area contributed by atoms with Crippen LogP contribution >= 0.6 is 0 Å². The van der Waals surface area contributed by atoms with Crippen LogP contribution in [0.3, 0.4) is 0 Å². The van der Waals surface area contributed by atoms with Gasteiger partial charge in [0.1, 0.15) is 6.07 Å². The van der Waals surface area contributed by atoms with Crippen molar-refractivity contribution in [1.82, 2.24) is 19.9 Å². The van der Waals surface area contributed by atoms with Gasteiger partial charge in [0.25, 0.3) is 0 Å². The van der Waals surface area contributed by atoms with Crippen molar-refractivity contribution >= 4 is 0 Å². The van der Waals surface area contributed by atoms with Crippen LogP contribution in [-0.2, 0) is 5.41 Å². The average Bonchev–Trinajstić information content (AvgIpc) is 3.07. The van der Waals surface area contributed by atoms with Gasteiger partial charge in [-0.1, -0.05) is 68.4 Å². The monoisotopic (exact) mass is 586 g/mol. The van der Waals surface area contributed by atoms with Crippen LogP contribution in [0.4, 0.5) is 0 Å². The predicted molar refractivity (Wildman–Crippen MR) is 175 cm³/mol. The molecule has 2 heterocycles. The van der Waals surface area contributed by atoms with Crippen LogP contribution in [0.5, 0.6) is 0 Å². The SMILES string of the molecule is C[C@@H]1C[C@@H]2C[C@H](C)CC(c3ccc(-c4cccc(-c5nc(-c6cccc(C#N)c6)nc(-c6cncc(C#N)c6)n5)c4)cc3)(C1)C2. The molecule has 4 atom stereocenters. The summed E-state index contributed by atoms with van der Waals surface area (Å²) in [5, 5.41) is 18.9. The quantitative estimate of drug-likeness (QED) is 0.204. The summed E-state index contributed by atoms with van der Waals surface area (Å²) in [6.45, 7) is 4.87. The van der Waals surface area contributed by atoms with Gasteiger partial charge in [-0.15, -0.1) is 0 Å². The zero-order chi connectivity index (χ0) is 31.0. The molecular formula is C39H34N6. The smallest absolute Gasteiger partial charge is 0.165 e. The molecule has 0 radical (unpaired) electrons. The Labute approximate surface area is 264 Å². The van der Waals surface area contributed by atoms with Crippen LogP contribution in [0.2, 0.25) is 0 Å². The maximum atomic E-state index is 9.49. The Bertz CT molecular complexity index is 1870. The first-order valence-electron chi connectivity index (χ1n) is 15.7. The fraction of sp³-hybridized carbons (Fsp3) is 0.282. The number of nitrogens with zero attached hydrogens (tertiary/aromatic N) is 6. The van der Waals surface area contributed by atoms with E-state index in [1.165, 1.54) is 43.9 Å². The lowest BCUT2D eigenvalue weighted by Gasteiger charge is -2.50. The van der Waals surface area contributed by atoms with Gasteiger partial charge >= 0.3 is 0 Å². The Morgan fingerprint density at radius 3 is 1.84 bits per heavy atom. The number of benzene rings is 3. The van der Waals surface area contributed by atoms with Crippen LogP contribution in [0, 0.1) is 40.4 Å². The van der Waals surface area contributed by atoms with Gasteiger partial charge in [-0.25, -0.2) is 15.0 Å². The molecule has 2 aliphatic carbocycles. The minimum atomic E-state index is 0.304. The Hall–Kier alpha value is -5.20. The van der Waals surface area contributed by atoms with Crippen LogP contribution in [0.1, 0.15) is 62.6 Å². The second-order valence-corrected chi connectivity index (χ2v) is 13.2. The van der Waals surface area contributed by atoms with E-state index in [0.29, 0.717) is 45.1 Å². The van der Waals surface area contributed by atoms with Crippen LogP contribution in [-0.4, -0.2) is 19.9 Å². The lowest BCUT2D eigenvalue weighted by molar-refractivity contribution is 0.0780. The standard InChI is InChI=1S/C39H34N6/c1-25-13-28-14-26(2)19-39(18-25,20-28)35-11-9-30(10-12-35)31-6-4-8-33(17-31)37-43-36(32-7-3-5-27(15-32)21-40)44-38(45-37)34-16-29(22-41)23-42-24-34/h3-12,15-17,23-26,28H,13-14,18-20H2,1-2H3/t25-,26+,28-,39?. The first-order valence-corrected chi connectivity index (χ1v) is 15.7. The van der Waals surface area contributed by atoms with Crippen molar-refractivity contribution in [2.75, 3.05) is 0 Å². The van der Waals surface area contributed by atoms with Gasteiger partial charge in [-0.3, -0.25) is 4.98 Å². The fourth-order valence-corrected chi connectivity index (χ4v) is 8.03. The lowest BCUT2D eigenvalue weighted by Crippen LogP contribution is -2.42. The highest BCUT2D eigenvalue weighted by Gasteiger charge is 2.45. The molecule has 0 saturated heterocycles. The Morgan fingerprint density at radius 1 is 0.600 bits per heavy atom. The summed E-state index contributed by atoms with van der Waals surface area (Å²) in [6.07, 6.45) is 9.82. The number of fused-ring (bicyclic) bond motifs is 2. The van der Waals surface area contributed by atoms with Gasteiger partial charge < -0.3 is 0 Å². The molecule has 2 aromatic heterocycles. The lowest BCUT2D eigenvalue weighted by atomic mass is 9.54. The second kappa shape index (κ2) is 11.7. The molecule has 220 valence electrons. The normalized spacial score (nSPS) is 22.3. The summed E-state index contributed by atoms with van der Waals surface area (Å²) in [4.78, 5) is 18.7. The molecule has 0 N–H and O–H groups in total. The highest BCUT2D eigenvalue weighted by molar-refractivity contribution is 5.73. The van der Waals surface area contributed by atoms with Crippen molar-refractivity contribution in [3.63, 3.8) is 0 Å². The number of hydrogen-bond donors (Lipinski definition) is 0. The van der Waals surface area contributed by atoms with Gasteiger partial charge in [-0.2, -0.15) is 10.5 Å². The van der Waals surface area contributed by atoms with Crippen LogP contribution in [0.25, 0.3) is 45.3 Å². The topological polar surface area (TPSA) is 99.1 Å². The fourth-order valence-electron chi connectivity index (χ4n) is 8.03. The van der Waals surface area contributed by atoms with Crippen molar-refractivity contribution in [2.45, 2.75) is 51.4 Å². The first-order chi connectivity index (χ1) is 21.9. The van der Waals surface area contributed by atoms with Crippen molar-refractivity contribution in [3.05, 3.63) is 108 Å². The summed E-state index contributed by atoms with van der Waals surface area (Å²) in [6, 6.07) is 30.8. The van der Waals surface area contributed by atoms with E-state index in [1.807, 2.05) is 24.3 Å². The van der Waals surface area contributed by atoms with E-state index in [1.54, 1.807) is 24.4 Å². The largest absolute Gasteiger partial charge is 0.263 e. The zero-order valence-corrected chi connectivity index (χ0v) is 25.6. The number of nitriles is 2. The molecule has 2 fully saturated rings. The molecule has 0 aliphatic heterocycles. The first kappa shape index (κ1) is 28.6. The molecule has 0 amide bonds. The molecule has 2 bridgehead atoms. The van der Waals surface area contributed by atoms with Gasteiger partial charge in [0, 0.05) is 29.1 Å². The Balaban J connectivity index is 1.27. The van der Waals surface area contributed by atoms with Gasteiger partial charge in [0.2, 0.25) is 0 Å². The average molecular weight is 587 g/mol. The molecule has 7 rings (SSSR count). The number of aromatic nitrogens is 4. The molecule has 6 nitrogen and oxygen atoms in total. The minimum Gasteiger partial charge on any atom is -0.263 e. The molecule has 1 unspecified atom stereocenters. The van der Waals surface area contributed by atoms with Crippen molar-refractivity contribution in [2.24, 2.45) is 17.8 Å². The number of pyridine rings is 1. The highest BCUT2D eigenvalue weighted by Crippen LogP contribution is 2.54. The molecule has 3 aromatic carbocycles. The van der Waals surface area contributed by atoms with Gasteiger partial charge in [0.15, 0.2) is 17.5 Å². The molecule has 45 heavy (non-hydrogen) atoms. The highest BCUT2D eigenvalue weighted by atomic mass is 15.0. The minimum absolute atomic E-state index is 0.304. The zero-order valence-electron chi connectivity index (χ0n) is 25.6. The van der Waals surface area contributed by atoms with Gasteiger partial charge in [-0.05, 0) is 96.2 Å². The third-order valence-electron chi connectivity index (χ3n) is 9.59. The van der Waals surface area contributed by atoms with E-state index in [4.69, 9.17) is 15.0 Å². The molecule has 2 saturated carbocycles. The second-order valence-electron chi connectivity index (χ2n) is 13.2. The summed E-state index contributed by atoms with van der Waals surface area (Å²) in [7, 11) is 0. The maximum absolute atomic E-state index is 9.49. The summed E-state index contributed by atoms with van der Waals surface area (Å²) in [5.74, 6) is 3.79. The maximum Gasteiger partial charge on any atom is 0.165 e.